The van der Waals surface area contributed by atoms with E-state index in [9.17, 15) is 4.79 Å². The van der Waals surface area contributed by atoms with Crippen LogP contribution in [0.5, 0.6) is 0 Å². The first kappa shape index (κ1) is 17.0. The van der Waals surface area contributed by atoms with Gasteiger partial charge in [-0.15, -0.1) is 11.3 Å². The average Bonchev–Trinajstić information content (AvgIpc) is 3.17. The molecule has 6 heteroatoms. The number of aromatic amines is 1. The highest BCUT2D eigenvalue weighted by Gasteiger charge is 2.19. The Labute approximate surface area is 155 Å². The Bertz CT molecular complexity index is 1160. The molecule has 5 nitrogen and oxygen atoms in total. The number of para-hydroxylation sites is 2. The van der Waals surface area contributed by atoms with Gasteiger partial charge in [0.25, 0.3) is 5.56 Å². The molecule has 0 aliphatic heterocycles. The molecule has 0 aliphatic rings. The summed E-state index contributed by atoms with van der Waals surface area (Å²) in [4.78, 5) is 26.9. The minimum absolute atomic E-state index is 0.00784. The van der Waals surface area contributed by atoms with Crippen LogP contribution < -0.4 is 5.56 Å². The van der Waals surface area contributed by atoms with E-state index < -0.39 is 0 Å². The molecule has 0 spiro atoms. The number of benzene rings is 1. The summed E-state index contributed by atoms with van der Waals surface area (Å²) in [6.45, 7) is 9.05. The molecule has 3 heterocycles. The molecular weight excluding hydrogens is 344 g/mol. The lowest BCUT2D eigenvalue weighted by Gasteiger charge is -2.14. The van der Waals surface area contributed by atoms with Crippen molar-refractivity contribution >= 4 is 32.6 Å². The van der Waals surface area contributed by atoms with Crippen molar-refractivity contribution < 1.29 is 0 Å². The van der Waals surface area contributed by atoms with Gasteiger partial charge in [0.15, 0.2) is 0 Å². The lowest BCUT2D eigenvalue weighted by atomic mass is 9.94. The van der Waals surface area contributed by atoms with Gasteiger partial charge in [-0.3, -0.25) is 4.79 Å². The van der Waals surface area contributed by atoms with E-state index in [1.165, 1.54) is 4.88 Å². The van der Waals surface area contributed by atoms with Crippen molar-refractivity contribution in [1.82, 2.24) is 19.5 Å². The number of thiophene rings is 1. The van der Waals surface area contributed by atoms with Crippen LogP contribution in [0.25, 0.3) is 21.3 Å². The summed E-state index contributed by atoms with van der Waals surface area (Å²) >= 11 is 1.60. The Kier molecular flexibility index (Phi) is 3.95. The third-order valence-corrected chi connectivity index (χ3v) is 6.00. The third-order valence-electron chi connectivity index (χ3n) is 4.55. The molecule has 0 unspecified atom stereocenters. The first-order valence-corrected chi connectivity index (χ1v) is 9.66. The Hall–Kier alpha value is -2.47. The predicted octanol–water partition coefficient (Wildman–Crippen LogP) is 4.24. The maximum atomic E-state index is 12.6. The molecule has 0 saturated heterocycles. The number of hydrogen-bond acceptors (Lipinski definition) is 4. The standard InChI is InChI=1S/C20H22N4OS/c1-5-17-21-13-8-6-7-9-14(13)24(17)11-16-22-18(25)12-10-15(20(2,3)4)26-19(12)23-16/h6-10H,5,11H2,1-4H3,(H,22,23,25). The largest absolute Gasteiger partial charge is 0.320 e. The maximum absolute atomic E-state index is 12.6. The van der Waals surface area contributed by atoms with Crippen LogP contribution in [0.3, 0.4) is 0 Å². The Morgan fingerprint density at radius 3 is 2.69 bits per heavy atom. The molecule has 4 aromatic rings. The van der Waals surface area contributed by atoms with Gasteiger partial charge in [-0.25, -0.2) is 9.97 Å². The van der Waals surface area contributed by atoms with Crippen molar-refractivity contribution in [3.63, 3.8) is 0 Å². The molecule has 0 saturated carbocycles. The normalized spacial score (nSPS) is 12.3. The summed E-state index contributed by atoms with van der Waals surface area (Å²) in [5.41, 5.74) is 1.97. The molecule has 4 rings (SSSR count). The predicted molar refractivity (Wildman–Crippen MR) is 107 cm³/mol. The summed E-state index contributed by atoms with van der Waals surface area (Å²) in [6.07, 6.45) is 0.828. The van der Waals surface area contributed by atoms with Crippen LogP contribution in [0, 0.1) is 0 Å². The highest BCUT2D eigenvalue weighted by Crippen LogP contribution is 2.32. The molecule has 0 amide bonds. The fourth-order valence-corrected chi connectivity index (χ4v) is 4.25. The van der Waals surface area contributed by atoms with Gasteiger partial charge in [0, 0.05) is 11.3 Å². The zero-order valence-electron chi connectivity index (χ0n) is 15.5. The van der Waals surface area contributed by atoms with E-state index in [1.807, 2.05) is 24.3 Å². The van der Waals surface area contributed by atoms with E-state index in [4.69, 9.17) is 9.97 Å². The Balaban J connectivity index is 1.82. The Morgan fingerprint density at radius 1 is 1.19 bits per heavy atom. The molecule has 26 heavy (non-hydrogen) atoms. The summed E-state index contributed by atoms with van der Waals surface area (Å²) in [6, 6.07) is 10.0. The molecule has 3 aromatic heterocycles. The summed E-state index contributed by atoms with van der Waals surface area (Å²) in [5, 5.41) is 0.676. The number of hydrogen-bond donors (Lipinski definition) is 1. The molecule has 1 N–H and O–H groups in total. The van der Waals surface area contributed by atoms with Crippen molar-refractivity contribution in [3.8, 4) is 0 Å². The zero-order valence-corrected chi connectivity index (χ0v) is 16.3. The van der Waals surface area contributed by atoms with E-state index in [1.54, 1.807) is 11.3 Å². The number of fused-ring (bicyclic) bond motifs is 2. The van der Waals surface area contributed by atoms with Gasteiger partial charge < -0.3 is 9.55 Å². The van der Waals surface area contributed by atoms with Crippen LogP contribution in [0.1, 0.15) is 44.2 Å². The van der Waals surface area contributed by atoms with Crippen LogP contribution in [0.4, 0.5) is 0 Å². The van der Waals surface area contributed by atoms with Crippen LogP contribution in [-0.4, -0.2) is 19.5 Å². The number of imidazole rings is 1. The molecule has 0 aliphatic carbocycles. The molecule has 0 radical (unpaired) electrons. The van der Waals surface area contributed by atoms with Crippen LogP contribution in [0.15, 0.2) is 35.1 Å². The van der Waals surface area contributed by atoms with Crippen molar-refractivity contribution in [2.45, 2.75) is 46.1 Å². The topological polar surface area (TPSA) is 63.6 Å². The number of H-pyrrole nitrogens is 1. The van der Waals surface area contributed by atoms with Crippen LogP contribution in [0.2, 0.25) is 0 Å². The zero-order chi connectivity index (χ0) is 18.5. The molecule has 1 aromatic carbocycles. The highest BCUT2D eigenvalue weighted by atomic mass is 32.1. The van der Waals surface area contributed by atoms with Gasteiger partial charge in [-0.05, 0) is 23.6 Å². The highest BCUT2D eigenvalue weighted by molar-refractivity contribution is 7.18. The van der Waals surface area contributed by atoms with Crippen molar-refractivity contribution in [3.05, 3.63) is 57.2 Å². The van der Waals surface area contributed by atoms with Gasteiger partial charge in [0.2, 0.25) is 0 Å². The van der Waals surface area contributed by atoms with E-state index in [0.717, 1.165) is 28.1 Å². The van der Waals surface area contributed by atoms with Gasteiger partial charge in [-0.1, -0.05) is 39.8 Å². The number of aromatic nitrogens is 4. The lowest BCUT2D eigenvalue weighted by Crippen LogP contribution is -2.14. The van der Waals surface area contributed by atoms with E-state index in [-0.39, 0.29) is 11.0 Å². The Morgan fingerprint density at radius 2 is 1.96 bits per heavy atom. The molecule has 0 fully saturated rings. The molecule has 134 valence electrons. The molecule has 0 bridgehead atoms. The van der Waals surface area contributed by atoms with Crippen molar-refractivity contribution in [1.29, 1.82) is 0 Å². The fraction of sp³-hybridized carbons (Fsp3) is 0.350. The summed E-state index contributed by atoms with van der Waals surface area (Å²) < 4.78 is 2.14. The second-order valence-corrected chi connectivity index (χ2v) is 8.58. The molecule has 0 atom stereocenters. The number of aryl methyl sites for hydroxylation is 1. The fourth-order valence-electron chi connectivity index (χ4n) is 3.14. The minimum Gasteiger partial charge on any atom is -0.320 e. The van der Waals surface area contributed by atoms with E-state index in [0.29, 0.717) is 17.8 Å². The van der Waals surface area contributed by atoms with Crippen molar-refractivity contribution in [2.75, 3.05) is 0 Å². The first-order chi connectivity index (χ1) is 12.4. The monoisotopic (exact) mass is 366 g/mol. The van der Waals surface area contributed by atoms with Crippen molar-refractivity contribution in [2.24, 2.45) is 0 Å². The SMILES string of the molecule is CCc1nc2ccccc2n1Cc1nc2sc(C(C)(C)C)cc2c(=O)[nH]1. The molecular formula is C20H22N4OS. The number of rotatable bonds is 3. The third kappa shape index (κ3) is 2.84. The van der Waals surface area contributed by atoms with Gasteiger partial charge in [0.05, 0.1) is 23.0 Å². The number of nitrogens with one attached hydrogen (secondary N) is 1. The van der Waals surface area contributed by atoms with Gasteiger partial charge in [0.1, 0.15) is 16.5 Å². The quantitative estimate of drug-likeness (QED) is 0.590. The van der Waals surface area contributed by atoms with Gasteiger partial charge >= 0.3 is 0 Å². The minimum atomic E-state index is -0.0702. The summed E-state index contributed by atoms with van der Waals surface area (Å²) in [5.74, 6) is 1.66. The number of nitrogens with zero attached hydrogens (tertiary/aromatic N) is 3. The van der Waals surface area contributed by atoms with E-state index in [2.05, 4.69) is 43.3 Å². The maximum Gasteiger partial charge on any atom is 0.259 e. The lowest BCUT2D eigenvalue weighted by molar-refractivity contribution is 0.604. The second kappa shape index (κ2) is 6.06. The average molecular weight is 366 g/mol. The smallest absolute Gasteiger partial charge is 0.259 e. The second-order valence-electron chi connectivity index (χ2n) is 7.55. The van der Waals surface area contributed by atoms with Crippen LogP contribution >= 0.6 is 11.3 Å². The van der Waals surface area contributed by atoms with E-state index >= 15 is 0 Å². The van der Waals surface area contributed by atoms with Gasteiger partial charge in [-0.2, -0.15) is 0 Å². The summed E-state index contributed by atoms with van der Waals surface area (Å²) in [7, 11) is 0. The first-order valence-electron chi connectivity index (χ1n) is 8.84. The van der Waals surface area contributed by atoms with Crippen LogP contribution in [-0.2, 0) is 18.4 Å².